The number of halogens is 1. The van der Waals surface area contributed by atoms with Gasteiger partial charge in [0.2, 0.25) is 10.0 Å². The van der Waals surface area contributed by atoms with Crippen LogP contribution in [-0.2, 0) is 16.6 Å². The van der Waals surface area contributed by atoms with Crippen LogP contribution in [0, 0.1) is 6.92 Å². The van der Waals surface area contributed by atoms with Crippen LogP contribution < -0.4 is 5.32 Å². The molecule has 1 aliphatic rings. The Morgan fingerprint density at radius 1 is 1.13 bits per heavy atom. The predicted octanol–water partition coefficient (Wildman–Crippen LogP) is 3.40. The van der Waals surface area contributed by atoms with Crippen molar-refractivity contribution >= 4 is 33.2 Å². The van der Waals surface area contributed by atoms with Gasteiger partial charge in [0.15, 0.2) is 0 Å². The first kappa shape index (κ1) is 20.8. The fourth-order valence-corrected chi connectivity index (χ4v) is 5.34. The number of nitrogens with one attached hydrogen (secondary N) is 1. The highest BCUT2D eigenvalue weighted by Gasteiger charge is 2.27. The zero-order valence-electron chi connectivity index (χ0n) is 16.6. The maximum absolute atomic E-state index is 13.0. The van der Waals surface area contributed by atoms with Gasteiger partial charge >= 0.3 is 0 Å². The zero-order valence-corrected chi connectivity index (χ0v) is 18.2. The van der Waals surface area contributed by atoms with Crippen LogP contribution in [0.1, 0.15) is 40.9 Å². The van der Waals surface area contributed by atoms with Crippen LogP contribution in [0.5, 0.6) is 0 Å². The van der Waals surface area contributed by atoms with Crippen LogP contribution in [0.2, 0.25) is 5.02 Å². The summed E-state index contributed by atoms with van der Waals surface area (Å²) in [4.78, 5) is 17.4. The summed E-state index contributed by atoms with van der Waals surface area (Å²) in [5, 5.41) is 3.43. The Morgan fingerprint density at radius 3 is 2.67 bits per heavy atom. The van der Waals surface area contributed by atoms with Gasteiger partial charge in [-0.1, -0.05) is 24.1 Å². The third-order valence-corrected chi connectivity index (χ3v) is 7.42. The maximum Gasteiger partial charge on any atom is 0.251 e. The molecule has 0 bridgehead atoms. The molecule has 1 fully saturated rings. The van der Waals surface area contributed by atoms with Crippen molar-refractivity contribution in [2.24, 2.45) is 0 Å². The molecule has 1 N–H and O–H groups in total. The minimum Gasteiger partial charge on any atom is -0.346 e. The third-order valence-electron chi connectivity index (χ3n) is 5.30. The molecular weight excluding hydrogens is 424 g/mol. The van der Waals surface area contributed by atoms with Crippen molar-refractivity contribution < 1.29 is 13.2 Å². The summed E-state index contributed by atoms with van der Waals surface area (Å²) in [5.74, 6) is -0.335. The van der Waals surface area contributed by atoms with E-state index < -0.39 is 10.0 Å². The molecule has 1 amide bonds. The quantitative estimate of drug-likeness (QED) is 0.651. The molecule has 0 unspecified atom stereocenters. The highest BCUT2D eigenvalue weighted by Crippen LogP contribution is 2.23. The van der Waals surface area contributed by atoms with E-state index in [9.17, 15) is 13.2 Å². The van der Waals surface area contributed by atoms with Crippen LogP contribution >= 0.6 is 11.6 Å². The Kier molecular flexibility index (Phi) is 5.81. The number of fused-ring (bicyclic) bond motifs is 1. The molecule has 9 heteroatoms. The molecule has 3 aromatic rings. The van der Waals surface area contributed by atoms with Crippen LogP contribution in [0.25, 0.3) is 5.65 Å². The molecule has 7 nitrogen and oxygen atoms in total. The first-order valence-electron chi connectivity index (χ1n) is 9.87. The number of carbonyl (C=O) groups excluding carboxylic acids is 1. The summed E-state index contributed by atoms with van der Waals surface area (Å²) in [6, 6.07) is 8.27. The number of carbonyl (C=O) groups is 1. The van der Waals surface area contributed by atoms with Crippen molar-refractivity contribution in [3.8, 4) is 0 Å². The normalized spacial score (nSPS) is 15.4. The van der Waals surface area contributed by atoms with Gasteiger partial charge in [-0.3, -0.25) is 4.79 Å². The molecule has 2 aromatic heterocycles. The smallest absolute Gasteiger partial charge is 0.251 e. The summed E-state index contributed by atoms with van der Waals surface area (Å²) >= 11 is 5.99. The number of hydrogen-bond donors (Lipinski definition) is 1. The number of imidazole rings is 1. The molecule has 0 spiro atoms. The van der Waals surface area contributed by atoms with Crippen LogP contribution in [0.3, 0.4) is 0 Å². The first-order valence-corrected chi connectivity index (χ1v) is 11.7. The second kappa shape index (κ2) is 8.37. The molecule has 0 atom stereocenters. The topological polar surface area (TPSA) is 83.8 Å². The van der Waals surface area contributed by atoms with Crippen molar-refractivity contribution in [2.75, 3.05) is 13.1 Å². The average molecular weight is 447 g/mol. The average Bonchev–Trinajstić information content (AvgIpc) is 3.15. The molecule has 0 saturated carbocycles. The molecule has 0 radical (unpaired) electrons. The predicted molar refractivity (Wildman–Crippen MR) is 115 cm³/mol. The van der Waals surface area contributed by atoms with Gasteiger partial charge in [0.25, 0.3) is 5.91 Å². The fraction of sp³-hybridized carbons (Fsp3) is 0.333. The number of piperidine rings is 1. The van der Waals surface area contributed by atoms with E-state index in [1.165, 1.54) is 10.4 Å². The highest BCUT2D eigenvalue weighted by atomic mass is 35.5. The number of benzene rings is 1. The van der Waals surface area contributed by atoms with Crippen LogP contribution in [-0.4, -0.2) is 41.1 Å². The lowest BCUT2D eigenvalue weighted by atomic mass is 10.1. The lowest BCUT2D eigenvalue weighted by Gasteiger charge is -2.26. The Bertz CT molecular complexity index is 1200. The third kappa shape index (κ3) is 4.21. The molecule has 30 heavy (non-hydrogen) atoms. The van der Waals surface area contributed by atoms with E-state index in [2.05, 4.69) is 10.3 Å². The molecular formula is C21H23ClN4O3S. The molecule has 4 rings (SSSR count). The Balaban J connectivity index is 1.52. The van der Waals surface area contributed by atoms with E-state index in [4.69, 9.17) is 11.6 Å². The molecule has 158 valence electrons. The monoisotopic (exact) mass is 446 g/mol. The lowest BCUT2D eigenvalue weighted by molar-refractivity contribution is 0.0949. The van der Waals surface area contributed by atoms with Gasteiger partial charge in [0.05, 0.1) is 22.2 Å². The van der Waals surface area contributed by atoms with Gasteiger partial charge < -0.3 is 9.72 Å². The number of hydrogen-bond acceptors (Lipinski definition) is 4. The summed E-state index contributed by atoms with van der Waals surface area (Å²) in [6.45, 7) is 3.06. The molecule has 1 aromatic carbocycles. The van der Waals surface area contributed by atoms with Crippen LogP contribution in [0.4, 0.5) is 0 Å². The Labute approximate surface area is 180 Å². The standard InChI is InChI=1S/C21H23ClN4O3S/c1-15-5-7-18(30(28,29)26-9-3-2-4-10-26)11-19(15)21(27)23-12-17-14-25-13-16(22)6-8-20(25)24-17/h5-8,11,13-14H,2-4,9-10,12H2,1H3,(H,23,27). The number of aryl methyl sites for hydroxylation is 1. The minimum absolute atomic E-state index is 0.155. The van der Waals surface area contributed by atoms with Gasteiger partial charge in [-0.15, -0.1) is 0 Å². The fourth-order valence-electron chi connectivity index (χ4n) is 3.63. The first-order chi connectivity index (χ1) is 14.3. The zero-order chi connectivity index (χ0) is 21.3. The van der Waals surface area contributed by atoms with Gasteiger partial charge in [0, 0.05) is 31.0 Å². The molecule has 0 aliphatic carbocycles. The summed E-state index contributed by atoms with van der Waals surface area (Å²) in [5.41, 5.74) is 2.47. The van der Waals surface area contributed by atoms with Gasteiger partial charge in [0.1, 0.15) is 5.65 Å². The summed E-state index contributed by atoms with van der Waals surface area (Å²) in [7, 11) is -3.60. The van der Waals surface area contributed by atoms with Gasteiger partial charge in [-0.2, -0.15) is 4.31 Å². The second-order valence-corrected chi connectivity index (χ2v) is 9.84. The van der Waals surface area contributed by atoms with E-state index in [0.717, 1.165) is 24.9 Å². The van der Waals surface area contributed by atoms with Crippen molar-refractivity contribution in [2.45, 2.75) is 37.6 Å². The van der Waals surface area contributed by atoms with Crippen molar-refractivity contribution in [1.82, 2.24) is 19.0 Å². The maximum atomic E-state index is 13.0. The highest BCUT2D eigenvalue weighted by molar-refractivity contribution is 7.89. The lowest BCUT2D eigenvalue weighted by Crippen LogP contribution is -2.35. The van der Waals surface area contributed by atoms with Crippen molar-refractivity contribution in [1.29, 1.82) is 0 Å². The van der Waals surface area contributed by atoms with Crippen LogP contribution in [0.15, 0.2) is 47.6 Å². The van der Waals surface area contributed by atoms with E-state index in [-0.39, 0.29) is 17.3 Å². The summed E-state index contributed by atoms with van der Waals surface area (Å²) < 4.78 is 29.2. The molecule has 1 saturated heterocycles. The molecule has 1 aliphatic heterocycles. The molecule has 3 heterocycles. The van der Waals surface area contributed by atoms with E-state index in [1.807, 2.05) is 0 Å². The van der Waals surface area contributed by atoms with Crippen molar-refractivity contribution in [3.63, 3.8) is 0 Å². The second-order valence-electron chi connectivity index (χ2n) is 7.47. The van der Waals surface area contributed by atoms with Gasteiger partial charge in [-0.25, -0.2) is 13.4 Å². The number of pyridine rings is 1. The number of rotatable bonds is 5. The Hall–Kier alpha value is -2.42. The minimum atomic E-state index is -3.60. The van der Waals surface area contributed by atoms with E-state index >= 15 is 0 Å². The summed E-state index contributed by atoms with van der Waals surface area (Å²) in [6.07, 6.45) is 6.31. The van der Waals surface area contributed by atoms with E-state index in [0.29, 0.717) is 34.9 Å². The Morgan fingerprint density at radius 2 is 1.90 bits per heavy atom. The van der Waals surface area contributed by atoms with Gasteiger partial charge in [-0.05, 0) is 49.6 Å². The number of sulfonamides is 1. The number of nitrogens with zero attached hydrogens (tertiary/aromatic N) is 3. The number of amides is 1. The van der Waals surface area contributed by atoms with Crippen molar-refractivity contribution in [3.05, 3.63) is 64.6 Å². The SMILES string of the molecule is Cc1ccc(S(=O)(=O)N2CCCCC2)cc1C(=O)NCc1cn2cc(Cl)ccc2n1. The largest absolute Gasteiger partial charge is 0.346 e. The van der Waals surface area contributed by atoms with E-state index in [1.54, 1.807) is 48.0 Å². The number of aromatic nitrogens is 2.